The zero-order valence-corrected chi connectivity index (χ0v) is 12.0. The highest BCUT2D eigenvalue weighted by Gasteiger charge is 2.06. The molecule has 20 heavy (non-hydrogen) atoms. The van der Waals surface area contributed by atoms with Crippen LogP contribution in [-0.2, 0) is 19.4 Å². The van der Waals surface area contributed by atoms with E-state index in [0.717, 1.165) is 24.2 Å². The maximum atomic E-state index is 5.97. The molecule has 1 aromatic heterocycles. The van der Waals surface area contributed by atoms with Crippen molar-refractivity contribution in [2.24, 2.45) is 10.7 Å². The quantitative estimate of drug-likeness (QED) is 0.577. The number of anilines is 1. The van der Waals surface area contributed by atoms with Gasteiger partial charge in [0, 0.05) is 11.9 Å². The van der Waals surface area contributed by atoms with Gasteiger partial charge in [0.1, 0.15) is 0 Å². The van der Waals surface area contributed by atoms with Crippen LogP contribution >= 0.6 is 0 Å². The van der Waals surface area contributed by atoms with E-state index in [2.05, 4.69) is 52.6 Å². The van der Waals surface area contributed by atoms with Crippen molar-refractivity contribution in [3.05, 3.63) is 47.3 Å². The lowest BCUT2D eigenvalue weighted by Gasteiger charge is -2.14. The third-order valence-corrected chi connectivity index (χ3v) is 3.23. The summed E-state index contributed by atoms with van der Waals surface area (Å²) in [5.41, 5.74) is 10.5. The summed E-state index contributed by atoms with van der Waals surface area (Å²) in [6.45, 7) is 4.77. The van der Waals surface area contributed by atoms with E-state index in [0.29, 0.717) is 12.5 Å². The predicted octanol–water partition coefficient (Wildman–Crippen LogP) is 2.46. The first-order chi connectivity index (χ1) is 9.74. The number of hydrogen-bond acceptors (Lipinski definition) is 2. The number of nitrogens with two attached hydrogens (primary N) is 1. The van der Waals surface area contributed by atoms with Gasteiger partial charge in [0.15, 0.2) is 5.96 Å². The van der Waals surface area contributed by atoms with E-state index in [1.54, 1.807) is 6.20 Å². The number of para-hydroxylation sites is 1. The molecule has 5 nitrogen and oxygen atoms in total. The summed E-state index contributed by atoms with van der Waals surface area (Å²) in [7, 11) is 0. The summed E-state index contributed by atoms with van der Waals surface area (Å²) in [5.74, 6) is 0.426. The van der Waals surface area contributed by atoms with Crippen molar-refractivity contribution >= 4 is 11.6 Å². The lowest BCUT2D eigenvalue weighted by atomic mass is 10.0. The summed E-state index contributed by atoms with van der Waals surface area (Å²) in [6, 6.07) is 8.20. The third kappa shape index (κ3) is 3.38. The summed E-state index contributed by atoms with van der Waals surface area (Å²) in [4.78, 5) is 4.32. The summed E-state index contributed by atoms with van der Waals surface area (Å²) >= 11 is 0. The van der Waals surface area contributed by atoms with Crippen LogP contribution in [0.2, 0.25) is 0 Å². The average molecular weight is 271 g/mol. The van der Waals surface area contributed by atoms with Crippen LogP contribution in [0.25, 0.3) is 0 Å². The van der Waals surface area contributed by atoms with Gasteiger partial charge < -0.3 is 11.1 Å². The van der Waals surface area contributed by atoms with Crippen molar-refractivity contribution in [2.45, 2.75) is 33.2 Å². The Morgan fingerprint density at radius 2 is 1.95 bits per heavy atom. The van der Waals surface area contributed by atoms with Gasteiger partial charge in [0.05, 0.1) is 12.2 Å². The largest absolute Gasteiger partial charge is 0.370 e. The molecule has 2 aromatic rings. The highest BCUT2D eigenvalue weighted by molar-refractivity contribution is 5.93. The molecule has 1 aromatic carbocycles. The zero-order chi connectivity index (χ0) is 14.4. The van der Waals surface area contributed by atoms with E-state index >= 15 is 0 Å². The van der Waals surface area contributed by atoms with E-state index < -0.39 is 0 Å². The second kappa shape index (κ2) is 6.75. The van der Waals surface area contributed by atoms with Gasteiger partial charge in [-0.1, -0.05) is 32.0 Å². The van der Waals surface area contributed by atoms with Crippen LogP contribution in [0.15, 0.2) is 35.5 Å². The Balaban J connectivity index is 2.14. The molecule has 0 aliphatic carbocycles. The molecule has 0 aliphatic rings. The molecule has 5 heteroatoms. The molecule has 0 bridgehead atoms. The molecule has 0 fully saturated rings. The van der Waals surface area contributed by atoms with Crippen molar-refractivity contribution in [2.75, 3.05) is 5.32 Å². The molecule has 0 amide bonds. The van der Waals surface area contributed by atoms with Crippen LogP contribution in [0.3, 0.4) is 0 Å². The van der Waals surface area contributed by atoms with Crippen molar-refractivity contribution in [1.82, 2.24) is 10.2 Å². The number of nitrogens with zero attached hydrogens (tertiary/aromatic N) is 2. The second-order valence-corrected chi connectivity index (χ2v) is 4.57. The van der Waals surface area contributed by atoms with Crippen molar-refractivity contribution in [1.29, 1.82) is 0 Å². The monoisotopic (exact) mass is 271 g/mol. The van der Waals surface area contributed by atoms with Crippen LogP contribution in [0.1, 0.15) is 30.7 Å². The Kier molecular flexibility index (Phi) is 4.76. The van der Waals surface area contributed by atoms with E-state index in [1.807, 2.05) is 6.07 Å². The molecule has 0 unspecified atom stereocenters. The molecule has 0 spiro atoms. The van der Waals surface area contributed by atoms with Crippen molar-refractivity contribution in [3.8, 4) is 0 Å². The lowest BCUT2D eigenvalue weighted by Crippen LogP contribution is -2.24. The Hall–Kier alpha value is -2.30. The second-order valence-electron chi connectivity index (χ2n) is 4.57. The molecule has 2 rings (SSSR count). The van der Waals surface area contributed by atoms with E-state index in [9.17, 15) is 0 Å². The van der Waals surface area contributed by atoms with Gasteiger partial charge in [0.2, 0.25) is 0 Å². The van der Waals surface area contributed by atoms with Gasteiger partial charge in [-0.2, -0.15) is 5.10 Å². The lowest BCUT2D eigenvalue weighted by molar-refractivity contribution is 0.944. The van der Waals surface area contributed by atoms with E-state index in [1.165, 1.54) is 11.1 Å². The van der Waals surface area contributed by atoms with E-state index in [-0.39, 0.29) is 0 Å². The molecule has 106 valence electrons. The topological polar surface area (TPSA) is 79.1 Å². The molecular formula is C15H21N5. The fourth-order valence-corrected chi connectivity index (χ4v) is 2.11. The number of hydrogen-bond donors (Lipinski definition) is 3. The van der Waals surface area contributed by atoms with Gasteiger partial charge in [-0.3, -0.25) is 5.10 Å². The van der Waals surface area contributed by atoms with Crippen LogP contribution in [0.4, 0.5) is 5.69 Å². The van der Waals surface area contributed by atoms with Crippen molar-refractivity contribution in [3.63, 3.8) is 0 Å². The van der Waals surface area contributed by atoms with Crippen LogP contribution < -0.4 is 11.1 Å². The first-order valence-electron chi connectivity index (χ1n) is 6.90. The van der Waals surface area contributed by atoms with Crippen LogP contribution in [0.5, 0.6) is 0 Å². The maximum absolute atomic E-state index is 5.97. The highest BCUT2D eigenvalue weighted by Crippen LogP contribution is 2.22. The minimum absolute atomic E-state index is 0.426. The van der Waals surface area contributed by atoms with Gasteiger partial charge in [0.25, 0.3) is 0 Å². The number of H-pyrrole nitrogens is 1. The Morgan fingerprint density at radius 1 is 1.25 bits per heavy atom. The third-order valence-electron chi connectivity index (χ3n) is 3.23. The number of nitrogens with one attached hydrogen (secondary N) is 2. The molecule has 4 N–H and O–H groups in total. The van der Waals surface area contributed by atoms with Gasteiger partial charge in [-0.15, -0.1) is 0 Å². The first kappa shape index (κ1) is 14.1. The minimum atomic E-state index is 0.426. The van der Waals surface area contributed by atoms with Gasteiger partial charge >= 0.3 is 0 Å². The standard InChI is InChI=1S/C15H21N5/c1-3-11-6-5-7-12(4-2)14(11)19-15(16)17-10-13-8-9-18-20-13/h5-9H,3-4,10H2,1-2H3,(H,18,20)(H3,16,17,19). The van der Waals surface area contributed by atoms with Crippen molar-refractivity contribution < 1.29 is 0 Å². The predicted molar refractivity (Wildman–Crippen MR) is 82.7 cm³/mol. The van der Waals surface area contributed by atoms with Crippen LogP contribution in [-0.4, -0.2) is 16.2 Å². The highest BCUT2D eigenvalue weighted by atomic mass is 15.1. The Bertz CT molecular complexity index is 550. The molecule has 0 radical (unpaired) electrons. The van der Waals surface area contributed by atoms with Gasteiger partial charge in [-0.05, 0) is 30.0 Å². The maximum Gasteiger partial charge on any atom is 0.193 e. The number of aliphatic imine (C=N–C) groups is 1. The molecule has 0 atom stereocenters. The number of aromatic amines is 1. The SMILES string of the molecule is CCc1cccc(CC)c1NC(N)=NCc1ccn[nH]1. The van der Waals surface area contributed by atoms with Gasteiger partial charge in [-0.25, -0.2) is 4.99 Å². The smallest absolute Gasteiger partial charge is 0.193 e. The fraction of sp³-hybridized carbons (Fsp3) is 0.333. The first-order valence-corrected chi connectivity index (χ1v) is 6.90. The summed E-state index contributed by atoms with van der Waals surface area (Å²) < 4.78 is 0. The Morgan fingerprint density at radius 3 is 2.50 bits per heavy atom. The number of guanidine groups is 1. The van der Waals surface area contributed by atoms with Crippen LogP contribution in [0, 0.1) is 0 Å². The molecule has 0 saturated carbocycles. The molecule has 0 aliphatic heterocycles. The summed E-state index contributed by atoms with van der Waals surface area (Å²) in [6.07, 6.45) is 3.63. The number of aryl methyl sites for hydroxylation is 2. The molecular weight excluding hydrogens is 250 g/mol. The molecule has 1 heterocycles. The zero-order valence-electron chi connectivity index (χ0n) is 12.0. The number of rotatable bonds is 5. The van der Waals surface area contributed by atoms with E-state index in [4.69, 9.17) is 5.73 Å². The fourth-order valence-electron chi connectivity index (χ4n) is 2.11. The average Bonchev–Trinajstić information content (AvgIpc) is 2.98. The minimum Gasteiger partial charge on any atom is -0.370 e. The summed E-state index contributed by atoms with van der Waals surface area (Å²) in [5, 5.41) is 9.98. The normalized spacial score (nSPS) is 11.6. The molecule has 0 saturated heterocycles. The number of aromatic nitrogens is 2. The number of benzene rings is 1. The Labute approximate surface area is 119 Å².